The lowest BCUT2D eigenvalue weighted by Gasteiger charge is -2.09. The Morgan fingerprint density at radius 1 is 1.12 bits per heavy atom. The van der Waals surface area contributed by atoms with Crippen LogP contribution in [-0.2, 0) is 9.84 Å². The quantitative estimate of drug-likeness (QED) is 0.828. The Hall–Kier alpha value is -1.04. The summed E-state index contributed by atoms with van der Waals surface area (Å²) >= 11 is 0. The number of halogens is 3. The number of benzene rings is 1. The van der Waals surface area contributed by atoms with Crippen LogP contribution < -0.4 is 0 Å². The third-order valence-electron chi connectivity index (χ3n) is 2.12. The van der Waals surface area contributed by atoms with Crippen molar-refractivity contribution in [1.82, 2.24) is 0 Å². The molecule has 1 aromatic carbocycles. The predicted molar refractivity (Wildman–Crippen MR) is 53.7 cm³/mol. The SMILES string of the molecule is CC(C)c1cc(F)cc(S(=O)(=O)C(F)F)c1. The molecular weight excluding hydrogens is 241 g/mol. The van der Waals surface area contributed by atoms with E-state index < -0.39 is 26.3 Å². The lowest BCUT2D eigenvalue weighted by Crippen LogP contribution is -2.12. The minimum atomic E-state index is -4.73. The minimum Gasteiger partial charge on any atom is -0.218 e. The summed E-state index contributed by atoms with van der Waals surface area (Å²) in [4.78, 5) is -0.675. The Morgan fingerprint density at radius 3 is 2.12 bits per heavy atom. The van der Waals surface area contributed by atoms with Crippen molar-refractivity contribution in [2.45, 2.75) is 30.4 Å². The van der Waals surface area contributed by atoms with Gasteiger partial charge in [0.05, 0.1) is 4.90 Å². The van der Waals surface area contributed by atoms with E-state index in [1.807, 2.05) is 0 Å². The van der Waals surface area contributed by atoms with Crippen LogP contribution >= 0.6 is 0 Å². The first-order valence-electron chi connectivity index (χ1n) is 4.57. The molecule has 1 rings (SSSR count). The lowest BCUT2D eigenvalue weighted by molar-refractivity contribution is 0.234. The summed E-state index contributed by atoms with van der Waals surface area (Å²) in [5.74, 6) is -4.50. The van der Waals surface area contributed by atoms with Crippen molar-refractivity contribution in [3.05, 3.63) is 29.6 Å². The molecule has 0 aliphatic heterocycles. The molecule has 0 aromatic heterocycles. The Balaban J connectivity index is 3.36. The van der Waals surface area contributed by atoms with Gasteiger partial charge in [0.1, 0.15) is 5.82 Å². The molecule has 0 amide bonds. The van der Waals surface area contributed by atoms with Gasteiger partial charge in [0.15, 0.2) is 0 Å². The highest BCUT2D eigenvalue weighted by molar-refractivity contribution is 7.91. The molecule has 1 aromatic rings. The molecule has 0 unspecified atom stereocenters. The van der Waals surface area contributed by atoms with Crippen molar-refractivity contribution in [2.24, 2.45) is 0 Å². The molecule has 0 saturated carbocycles. The minimum absolute atomic E-state index is 0.137. The molecule has 2 nitrogen and oxygen atoms in total. The van der Waals surface area contributed by atoms with Gasteiger partial charge in [0, 0.05) is 0 Å². The monoisotopic (exact) mass is 252 g/mol. The van der Waals surface area contributed by atoms with Crippen molar-refractivity contribution in [1.29, 1.82) is 0 Å². The molecule has 0 aliphatic carbocycles. The molecule has 16 heavy (non-hydrogen) atoms. The third kappa shape index (κ3) is 2.55. The summed E-state index contributed by atoms with van der Waals surface area (Å²) in [6, 6.07) is 2.82. The van der Waals surface area contributed by atoms with Crippen molar-refractivity contribution >= 4 is 9.84 Å². The average Bonchev–Trinajstić information content (AvgIpc) is 2.16. The average molecular weight is 252 g/mol. The zero-order valence-electron chi connectivity index (χ0n) is 8.75. The Kier molecular flexibility index (Phi) is 3.62. The second kappa shape index (κ2) is 4.45. The van der Waals surface area contributed by atoms with E-state index >= 15 is 0 Å². The largest absolute Gasteiger partial charge is 0.341 e. The Morgan fingerprint density at radius 2 is 1.69 bits per heavy atom. The van der Waals surface area contributed by atoms with E-state index in [1.165, 1.54) is 0 Å². The van der Waals surface area contributed by atoms with Gasteiger partial charge in [-0.3, -0.25) is 0 Å². The summed E-state index contributed by atoms with van der Waals surface area (Å²) in [5.41, 5.74) is 0.374. The molecule has 0 aliphatic rings. The van der Waals surface area contributed by atoms with Crippen molar-refractivity contribution in [3.63, 3.8) is 0 Å². The van der Waals surface area contributed by atoms with Gasteiger partial charge in [0.2, 0.25) is 9.84 Å². The summed E-state index contributed by atoms with van der Waals surface area (Å²) in [6.45, 7) is 3.43. The van der Waals surface area contributed by atoms with Crippen LogP contribution in [0, 0.1) is 5.82 Å². The van der Waals surface area contributed by atoms with E-state index in [9.17, 15) is 21.6 Å². The second-order valence-electron chi connectivity index (χ2n) is 3.68. The molecular formula is C10H11F3O2S. The number of hydrogen-bond donors (Lipinski definition) is 0. The van der Waals surface area contributed by atoms with Crippen LogP contribution in [0.3, 0.4) is 0 Å². The maximum absolute atomic E-state index is 13.1. The number of hydrogen-bond acceptors (Lipinski definition) is 2. The van der Waals surface area contributed by atoms with Gasteiger partial charge in [-0.25, -0.2) is 12.8 Å². The van der Waals surface area contributed by atoms with Gasteiger partial charge in [-0.05, 0) is 29.7 Å². The topological polar surface area (TPSA) is 34.1 Å². The Bertz CT molecular complexity index is 481. The van der Waals surface area contributed by atoms with E-state index in [-0.39, 0.29) is 5.92 Å². The molecule has 0 bridgehead atoms. The van der Waals surface area contributed by atoms with Crippen LogP contribution in [-0.4, -0.2) is 14.2 Å². The summed E-state index contributed by atoms with van der Waals surface area (Å²) in [5, 5.41) is 0. The summed E-state index contributed by atoms with van der Waals surface area (Å²) in [6.07, 6.45) is 0. The van der Waals surface area contributed by atoms with Crippen LogP contribution in [0.1, 0.15) is 25.3 Å². The van der Waals surface area contributed by atoms with Crippen LogP contribution in [0.15, 0.2) is 23.1 Å². The highest BCUT2D eigenvalue weighted by Crippen LogP contribution is 2.24. The normalized spacial score (nSPS) is 12.4. The maximum atomic E-state index is 13.1. The highest BCUT2D eigenvalue weighted by atomic mass is 32.2. The van der Waals surface area contributed by atoms with Gasteiger partial charge in [0.25, 0.3) is 0 Å². The summed E-state index contributed by atoms with van der Waals surface area (Å²) in [7, 11) is -4.73. The van der Waals surface area contributed by atoms with Crippen LogP contribution in [0.4, 0.5) is 13.2 Å². The fourth-order valence-corrected chi connectivity index (χ4v) is 1.97. The standard InChI is InChI=1S/C10H11F3O2S/c1-6(2)7-3-8(11)5-9(4-7)16(14,15)10(12)13/h3-6,10H,1-2H3. The van der Waals surface area contributed by atoms with Crippen LogP contribution in [0.25, 0.3) is 0 Å². The van der Waals surface area contributed by atoms with E-state index in [0.29, 0.717) is 11.6 Å². The second-order valence-corrected chi connectivity index (χ2v) is 5.60. The van der Waals surface area contributed by atoms with E-state index in [0.717, 1.165) is 12.1 Å². The first-order chi connectivity index (χ1) is 7.25. The van der Waals surface area contributed by atoms with Crippen LogP contribution in [0.5, 0.6) is 0 Å². The van der Waals surface area contributed by atoms with Gasteiger partial charge in [-0.1, -0.05) is 13.8 Å². The van der Waals surface area contributed by atoms with Crippen molar-refractivity contribution in [2.75, 3.05) is 0 Å². The first kappa shape index (κ1) is 13.0. The molecule has 0 radical (unpaired) electrons. The van der Waals surface area contributed by atoms with Crippen molar-refractivity contribution < 1.29 is 21.6 Å². The predicted octanol–water partition coefficient (Wildman–Crippen LogP) is 2.95. The van der Waals surface area contributed by atoms with E-state index in [4.69, 9.17) is 0 Å². The van der Waals surface area contributed by atoms with Gasteiger partial charge < -0.3 is 0 Å². The van der Waals surface area contributed by atoms with Crippen LogP contribution in [0.2, 0.25) is 0 Å². The molecule has 0 atom stereocenters. The molecule has 0 spiro atoms. The fraction of sp³-hybridized carbons (Fsp3) is 0.400. The lowest BCUT2D eigenvalue weighted by atomic mass is 10.0. The zero-order valence-corrected chi connectivity index (χ0v) is 9.56. The van der Waals surface area contributed by atoms with Gasteiger partial charge in [-0.2, -0.15) is 8.78 Å². The molecule has 0 fully saturated rings. The molecule has 90 valence electrons. The Labute approximate surface area is 92.0 Å². The molecule has 0 N–H and O–H groups in total. The summed E-state index contributed by atoms with van der Waals surface area (Å²) < 4.78 is 59.9. The van der Waals surface area contributed by atoms with Gasteiger partial charge in [-0.15, -0.1) is 0 Å². The van der Waals surface area contributed by atoms with E-state index in [2.05, 4.69) is 0 Å². The molecule has 6 heteroatoms. The number of rotatable bonds is 3. The number of sulfone groups is 1. The smallest absolute Gasteiger partial charge is 0.218 e. The fourth-order valence-electron chi connectivity index (χ4n) is 1.18. The maximum Gasteiger partial charge on any atom is 0.341 e. The van der Waals surface area contributed by atoms with Gasteiger partial charge >= 0.3 is 5.76 Å². The van der Waals surface area contributed by atoms with E-state index in [1.54, 1.807) is 13.8 Å². The number of alkyl halides is 2. The first-order valence-corrected chi connectivity index (χ1v) is 6.12. The van der Waals surface area contributed by atoms with Crippen molar-refractivity contribution in [3.8, 4) is 0 Å². The highest BCUT2D eigenvalue weighted by Gasteiger charge is 2.27. The molecule has 0 saturated heterocycles. The third-order valence-corrected chi connectivity index (χ3v) is 3.49. The molecule has 0 heterocycles. The zero-order chi connectivity index (χ0) is 12.5.